The van der Waals surface area contributed by atoms with Crippen molar-refractivity contribution in [2.24, 2.45) is 0 Å². The number of carbonyl (C=O) groups is 1. The van der Waals surface area contributed by atoms with Crippen molar-refractivity contribution in [3.63, 3.8) is 0 Å². The molecule has 5 nitrogen and oxygen atoms in total. The lowest BCUT2D eigenvalue weighted by molar-refractivity contribution is -0.142. The Balaban J connectivity index is 2.81. The fraction of sp³-hybridized carbons (Fsp3) is 0.250. The lowest BCUT2D eigenvalue weighted by Gasteiger charge is -2.08. The molecule has 0 aliphatic heterocycles. The van der Waals surface area contributed by atoms with Gasteiger partial charge in [0.15, 0.2) is 6.61 Å². The van der Waals surface area contributed by atoms with Crippen LogP contribution in [0, 0.1) is 0 Å². The molecule has 0 aliphatic carbocycles. The molecule has 1 heterocycles. The summed E-state index contributed by atoms with van der Waals surface area (Å²) < 4.78 is 10.6. The second-order valence-corrected chi connectivity index (χ2v) is 4.08. The Morgan fingerprint density at radius 3 is 2.87 bits per heavy atom. The third kappa shape index (κ3) is 3.35. The molecule has 1 rings (SSSR count). The van der Waals surface area contributed by atoms with Crippen LogP contribution in [0.1, 0.15) is 0 Å². The monoisotopic (exact) mass is 338 g/mol. The summed E-state index contributed by atoms with van der Waals surface area (Å²) in [6.07, 6.45) is 0. The van der Waals surface area contributed by atoms with Crippen LogP contribution in [-0.2, 0) is 9.53 Å². The summed E-state index contributed by atoms with van der Waals surface area (Å²) in [5.74, 6) is -0.104. The van der Waals surface area contributed by atoms with Gasteiger partial charge in [-0.3, -0.25) is 0 Å². The SMILES string of the molecule is COC(=O)COc1cc(Br)nc(Br)c1N. The molecule has 0 aliphatic rings. The summed E-state index contributed by atoms with van der Waals surface area (Å²) in [5, 5.41) is 0. The molecule has 7 heteroatoms. The Labute approximate surface area is 103 Å². The summed E-state index contributed by atoms with van der Waals surface area (Å²) >= 11 is 6.34. The minimum absolute atomic E-state index is 0.191. The van der Waals surface area contributed by atoms with E-state index in [2.05, 4.69) is 41.6 Å². The van der Waals surface area contributed by atoms with Crippen LogP contribution < -0.4 is 10.5 Å². The van der Waals surface area contributed by atoms with Gasteiger partial charge in [0.1, 0.15) is 20.6 Å². The minimum Gasteiger partial charge on any atom is -0.480 e. The van der Waals surface area contributed by atoms with E-state index >= 15 is 0 Å². The van der Waals surface area contributed by atoms with Crippen LogP contribution in [0.3, 0.4) is 0 Å². The van der Waals surface area contributed by atoms with Gasteiger partial charge in [-0.05, 0) is 31.9 Å². The number of carbonyl (C=O) groups excluding carboxylic acids is 1. The quantitative estimate of drug-likeness (QED) is 0.670. The second kappa shape index (κ2) is 5.32. The molecule has 0 saturated carbocycles. The molecule has 0 fully saturated rings. The number of nitrogens with two attached hydrogens (primary N) is 1. The number of rotatable bonds is 3. The maximum Gasteiger partial charge on any atom is 0.343 e. The molecule has 0 aromatic carbocycles. The van der Waals surface area contributed by atoms with E-state index in [1.807, 2.05) is 0 Å². The summed E-state index contributed by atoms with van der Waals surface area (Å²) in [6, 6.07) is 1.57. The highest BCUT2D eigenvalue weighted by molar-refractivity contribution is 9.11. The van der Waals surface area contributed by atoms with Crippen molar-refractivity contribution >= 4 is 43.5 Å². The van der Waals surface area contributed by atoms with Crippen molar-refractivity contribution in [3.05, 3.63) is 15.3 Å². The fourth-order valence-corrected chi connectivity index (χ4v) is 1.80. The first-order chi connectivity index (χ1) is 7.04. The third-order valence-corrected chi connectivity index (χ3v) is 2.53. The number of hydrogen-bond acceptors (Lipinski definition) is 5. The lowest BCUT2D eigenvalue weighted by atomic mass is 10.4. The lowest BCUT2D eigenvalue weighted by Crippen LogP contribution is -2.13. The Morgan fingerprint density at radius 2 is 2.27 bits per heavy atom. The van der Waals surface area contributed by atoms with E-state index in [-0.39, 0.29) is 6.61 Å². The van der Waals surface area contributed by atoms with Crippen molar-refractivity contribution in [1.82, 2.24) is 4.98 Å². The molecular formula is C8H8Br2N2O3. The largest absolute Gasteiger partial charge is 0.480 e. The molecule has 1 aromatic rings. The Morgan fingerprint density at radius 1 is 1.60 bits per heavy atom. The zero-order valence-electron chi connectivity index (χ0n) is 7.79. The summed E-state index contributed by atoms with van der Waals surface area (Å²) in [4.78, 5) is 14.8. The number of nitrogen functional groups attached to an aromatic ring is 1. The first kappa shape index (κ1) is 12.3. The van der Waals surface area contributed by atoms with Crippen molar-refractivity contribution < 1.29 is 14.3 Å². The predicted molar refractivity (Wildman–Crippen MR) is 61.6 cm³/mol. The van der Waals surface area contributed by atoms with Gasteiger partial charge in [-0.2, -0.15) is 0 Å². The number of esters is 1. The molecular weight excluding hydrogens is 332 g/mol. The maximum atomic E-state index is 10.8. The van der Waals surface area contributed by atoms with E-state index in [0.717, 1.165) is 0 Å². The molecule has 0 unspecified atom stereocenters. The van der Waals surface area contributed by atoms with Crippen LogP contribution in [0.2, 0.25) is 0 Å². The maximum absolute atomic E-state index is 10.8. The van der Waals surface area contributed by atoms with E-state index in [1.165, 1.54) is 7.11 Å². The smallest absolute Gasteiger partial charge is 0.343 e. The van der Waals surface area contributed by atoms with E-state index < -0.39 is 5.97 Å². The van der Waals surface area contributed by atoms with Crippen LogP contribution in [0.5, 0.6) is 5.75 Å². The molecule has 2 N–H and O–H groups in total. The summed E-state index contributed by atoms with van der Waals surface area (Å²) in [5.41, 5.74) is 6.01. The van der Waals surface area contributed by atoms with Crippen molar-refractivity contribution in [3.8, 4) is 5.75 Å². The summed E-state index contributed by atoms with van der Waals surface area (Å²) in [7, 11) is 1.29. The van der Waals surface area contributed by atoms with Crippen LogP contribution >= 0.6 is 31.9 Å². The average molecular weight is 340 g/mol. The Hall–Kier alpha value is -0.820. The van der Waals surface area contributed by atoms with Gasteiger partial charge >= 0.3 is 5.97 Å². The normalized spacial score (nSPS) is 9.80. The molecule has 0 bridgehead atoms. The standard InChI is InChI=1S/C8H8Br2N2O3/c1-14-6(13)3-15-4-2-5(9)12-8(10)7(4)11/h2H,3,11H2,1H3. The molecule has 15 heavy (non-hydrogen) atoms. The van der Waals surface area contributed by atoms with Crippen molar-refractivity contribution in [2.45, 2.75) is 0 Å². The molecule has 0 atom stereocenters. The van der Waals surface area contributed by atoms with Gasteiger partial charge in [-0.1, -0.05) is 0 Å². The number of halogens is 2. The predicted octanol–water partition coefficient (Wildman–Crippen LogP) is 1.74. The fourth-order valence-electron chi connectivity index (χ4n) is 0.789. The molecule has 0 spiro atoms. The first-order valence-corrected chi connectivity index (χ1v) is 5.44. The van der Waals surface area contributed by atoms with Crippen molar-refractivity contribution in [1.29, 1.82) is 0 Å². The highest BCUT2D eigenvalue weighted by atomic mass is 79.9. The van der Waals surface area contributed by atoms with E-state index in [1.54, 1.807) is 6.07 Å². The van der Waals surface area contributed by atoms with Gasteiger partial charge in [-0.15, -0.1) is 0 Å². The van der Waals surface area contributed by atoms with Crippen LogP contribution in [0.4, 0.5) is 5.69 Å². The molecule has 82 valence electrons. The number of pyridine rings is 1. The van der Waals surface area contributed by atoms with Gasteiger partial charge in [0.25, 0.3) is 0 Å². The topological polar surface area (TPSA) is 74.4 Å². The Kier molecular flexibility index (Phi) is 4.34. The average Bonchev–Trinajstić information content (AvgIpc) is 2.20. The number of aromatic nitrogens is 1. The molecule has 0 radical (unpaired) electrons. The van der Waals surface area contributed by atoms with E-state index in [4.69, 9.17) is 10.5 Å². The van der Waals surface area contributed by atoms with Gasteiger partial charge in [0.05, 0.1) is 7.11 Å². The van der Waals surface area contributed by atoms with Gasteiger partial charge in [0, 0.05) is 6.07 Å². The second-order valence-electron chi connectivity index (χ2n) is 2.51. The minimum atomic E-state index is -0.474. The van der Waals surface area contributed by atoms with Gasteiger partial charge < -0.3 is 15.2 Å². The number of ether oxygens (including phenoxy) is 2. The number of nitrogens with zero attached hydrogens (tertiary/aromatic N) is 1. The molecule has 0 saturated heterocycles. The van der Waals surface area contributed by atoms with Crippen molar-refractivity contribution in [2.75, 3.05) is 19.5 Å². The number of methoxy groups -OCH3 is 1. The zero-order valence-corrected chi connectivity index (χ0v) is 11.0. The Bertz CT molecular complexity index is 384. The number of hydrogen-bond donors (Lipinski definition) is 1. The molecule has 1 aromatic heterocycles. The molecule has 0 amide bonds. The van der Waals surface area contributed by atoms with E-state index in [0.29, 0.717) is 20.6 Å². The zero-order chi connectivity index (χ0) is 11.4. The number of anilines is 1. The highest BCUT2D eigenvalue weighted by Crippen LogP contribution is 2.30. The van der Waals surface area contributed by atoms with Gasteiger partial charge in [-0.25, -0.2) is 9.78 Å². The summed E-state index contributed by atoms with van der Waals surface area (Å²) in [6.45, 7) is -0.191. The van der Waals surface area contributed by atoms with Crippen LogP contribution in [-0.4, -0.2) is 24.7 Å². The van der Waals surface area contributed by atoms with Crippen LogP contribution in [0.15, 0.2) is 15.3 Å². The van der Waals surface area contributed by atoms with Gasteiger partial charge in [0.2, 0.25) is 0 Å². The van der Waals surface area contributed by atoms with Crippen LogP contribution in [0.25, 0.3) is 0 Å². The van der Waals surface area contributed by atoms with E-state index in [9.17, 15) is 4.79 Å². The first-order valence-electron chi connectivity index (χ1n) is 3.85. The third-order valence-electron chi connectivity index (χ3n) is 1.52. The highest BCUT2D eigenvalue weighted by Gasteiger charge is 2.10.